The Bertz CT molecular complexity index is 291. The lowest BCUT2D eigenvalue weighted by Crippen LogP contribution is -2.48. The van der Waals surface area contributed by atoms with Gasteiger partial charge < -0.3 is 10.6 Å². The summed E-state index contributed by atoms with van der Waals surface area (Å²) in [6, 6.07) is 2.43. The minimum atomic E-state index is 0.806. The fraction of sp³-hybridized carbons (Fsp3) is 1.00. The predicted molar refractivity (Wildman–Crippen MR) is 89.5 cm³/mol. The van der Waals surface area contributed by atoms with Crippen molar-refractivity contribution in [3.63, 3.8) is 0 Å². The first kappa shape index (κ1) is 15.2. The van der Waals surface area contributed by atoms with Gasteiger partial charge in [0.2, 0.25) is 0 Å². The van der Waals surface area contributed by atoms with Gasteiger partial charge in [-0.25, -0.2) is 0 Å². The summed E-state index contributed by atoms with van der Waals surface area (Å²) in [6.45, 7) is 3.56. The van der Waals surface area contributed by atoms with Crippen molar-refractivity contribution in [1.29, 1.82) is 0 Å². The summed E-state index contributed by atoms with van der Waals surface area (Å²) in [5.74, 6) is 2.20. The second kappa shape index (κ2) is 7.51. The molecule has 0 radical (unpaired) electrons. The molecule has 0 aromatic carbocycles. The molecule has 0 bridgehead atoms. The van der Waals surface area contributed by atoms with Gasteiger partial charge in [-0.05, 0) is 63.2 Å². The molecule has 0 aromatic rings. The Morgan fingerprint density at radius 1 is 1.05 bits per heavy atom. The van der Waals surface area contributed by atoms with Crippen LogP contribution in [0.25, 0.3) is 0 Å². The maximum Gasteiger partial charge on any atom is 0.0113 e. The monoisotopic (exact) mass is 296 g/mol. The molecule has 20 heavy (non-hydrogen) atoms. The molecule has 2 nitrogen and oxygen atoms in total. The zero-order valence-corrected chi connectivity index (χ0v) is 13.9. The van der Waals surface area contributed by atoms with Crippen molar-refractivity contribution in [2.24, 2.45) is 5.92 Å². The molecule has 3 rings (SSSR count). The zero-order chi connectivity index (χ0) is 13.8. The molecule has 3 heteroatoms. The highest BCUT2D eigenvalue weighted by Crippen LogP contribution is 2.35. The number of thioether (sulfide) groups is 1. The Labute approximate surface area is 129 Å². The van der Waals surface area contributed by atoms with E-state index in [1.54, 1.807) is 0 Å². The molecule has 0 amide bonds. The smallest absolute Gasteiger partial charge is 0.0113 e. The van der Waals surface area contributed by atoms with Gasteiger partial charge in [0.25, 0.3) is 0 Å². The summed E-state index contributed by atoms with van der Waals surface area (Å²) in [6.07, 6.45) is 12.8. The van der Waals surface area contributed by atoms with Gasteiger partial charge in [0, 0.05) is 23.4 Å². The lowest BCUT2D eigenvalue weighted by atomic mass is 9.88. The maximum absolute atomic E-state index is 4.06. The van der Waals surface area contributed by atoms with E-state index in [1.165, 1.54) is 70.1 Å². The highest BCUT2D eigenvalue weighted by molar-refractivity contribution is 7.99. The normalized spacial score (nSPS) is 42.1. The Balaban J connectivity index is 1.49. The first-order valence-electron chi connectivity index (χ1n) is 8.98. The summed E-state index contributed by atoms with van der Waals surface area (Å²) in [5, 5.41) is 8.80. The largest absolute Gasteiger partial charge is 0.314 e. The molecule has 2 saturated carbocycles. The van der Waals surface area contributed by atoms with Gasteiger partial charge >= 0.3 is 0 Å². The van der Waals surface area contributed by atoms with E-state index >= 15 is 0 Å². The molecule has 1 aliphatic heterocycles. The SMILES string of the molecule is CCSC1CCC(NC2CCCC2C2CCCCN2)C1. The van der Waals surface area contributed by atoms with Crippen LogP contribution in [-0.4, -0.2) is 35.7 Å². The fourth-order valence-corrected chi connectivity index (χ4v) is 5.85. The Morgan fingerprint density at radius 3 is 2.80 bits per heavy atom. The zero-order valence-electron chi connectivity index (χ0n) is 13.1. The molecule has 3 aliphatic rings. The standard InChI is InChI=1S/C17H32N2S/c1-2-20-14-10-9-13(12-14)19-17-8-5-6-15(17)16-7-3-4-11-18-16/h13-19H,2-12H2,1H3. The lowest BCUT2D eigenvalue weighted by Gasteiger charge is -2.34. The van der Waals surface area contributed by atoms with Gasteiger partial charge in [-0.3, -0.25) is 0 Å². The third-order valence-electron chi connectivity index (χ3n) is 5.67. The van der Waals surface area contributed by atoms with E-state index in [0.29, 0.717) is 0 Å². The van der Waals surface area contributed by atoms with E-state index in [9.17, 15) is 0 Å². The average Bonchev–Trinajstić information content (AvgIpc) is 3.10. The van der Waals surface area contributed by atoms with E-state index in [4.69, 9.17) is 0 Å². The third kappa shape index (κ3) is 3.72. The number of hydrogen-bond donors (Lipinski definition) is 2. The van der Waals surface area contributed by atoms with Gasteiger partial charge in [-0.15, -0.1) is 0 Å². The number of hydrogen-bond acceptors (Lipinski definition) is 3. The van der Waals surface area contributed by atoms with Crippen molar-refractivity contribution in [3.05, 3.63) is 0 Å². The van der Waals surface area contributed by atoms with Crippen LogP contribution < -0.4 is 10.6 Å². The molecule has 1 heterocycles. The van der Waals surface area contributed by atoms with E-state index in [1.807, 2.05) is 0 Å². The van der Waals surface area contributed by atoms with Crippen LogP contribution in [0.3, 0.4) is 0 Å². The lowest BCUT2D eigenvalue weighted by molar-refractivity contribution is 0.246. The van der Waals surface area contributed by atoms with Gasteiger partial charge in [0.05, 0.1) is 0 Å². The minimum Gasteiger partial charge on any atom is -0.314 e. The summed E-state index contributed by atoms with van der Waals surface area (Å²) < 4.78 is 0. The topological polar surface area (TPSA) is 24.1 Å². The van der Waals surface area contributed by atoms with E-state index < -0.39 is 0 Å². The van der Waals surface area contributed by atoms with Crippen molar-refractivity contribution in [3.8, 4) is 0 Å². The third-order valence-corrected chi connectivity index (χ3v) is 6.90. The van der Waals surface area contributed by atoms with Crippen molar-refractivity contribution in [2.75, 3.05) is 12.3 Å². The number of rotatable bonds is 5. The fourth-order valence-electron chi connectivity index (χ4n) is 4.70. The molecule has 0 spiro atoms. The average molecular weight is 297 g/mol. The molecule has 2 N–H and O–H groups in total. The molecule has 0 aromatic heterocycles. The quantitative estimate of drug-likeness (QED) is 0.811. The number of piperidine rings is 1. The Morgan fingerprint density at radius 2 is 2.00 bits per heavy atom. The second-order valence-electron chi connectivity index (χ2n) is 7.01. The highest BCUT2D eigenvalue weighted by Gasteiger charge is 2.36. The van der Waals surface area contributed by atoms with Crippen LogP contribution in [-0.2, 0) is 0 Å². The van der Waals surface area contributed by atoms with Crippen molar-refractivity contribution in [2.45, 2.75) is 88.1 Å². The molecule has 5 unspecified atom stereocenters. The molecular formula is C17H32N2S. The van der Waals surface area contributed by atoms with Crippen LogP contribution in [0.2, 0.25) is 0 Å². The first-order valence-corrected chi connectivity index (χ1v) is 10.0. The van der Waals surface area contributed by atoms with Crippen LogP contribution in [0.4, 0.5) is 0 Å². The summed E-state index contributed by atoms with van der Waals surface area (Å²) >= 11 is 2.18. The molecule has 1 saturated heterocycles. The van der Waals surface area contributed by atoms with Gasteiger partial charge in [-0.1, -0.05) is 19.8 Å². The second-order valence-corrected chi connectivity index (χ2v) is 8.59. The molecular weight excluding hydrogens is 264 g/mol. The van der Waals surface area contributed by atoms with Gasteiger partial charge in [-0.2, -0.15) is 11.8 Å². The van der Waals surface area contributed by atoms with Crippen LogP contribution in [0.15, 0.2) is 0 Å². The van der Waals surface area contributed by atoms with Crippen LogP contribution >= 0.6 is 11.8 Å². The Hall–Kier alpha value is 0.270. The van der Waals surface area contributed by atoms with E-state index in [2.05, 4.69) is 29.3 Å². The van der Waals surface area contributed by atoms with Crippen LogP contribution in [0, 0.1) is 5.92 Å². The summed E-state index contributed by atoms with van der Waals surface area (Å²) in [7, 11) is 0. The highest BCUT2D eigenvalue weighted by atomic mass is 32.2. The van der Waals surface area contributed by atoms with Crippen molar-refractivity contribution in [1.82, 2.24) is 10.6 Å². The first-order chi connectivity index (χ1) is 9.86. The summed E-state index contributed by atoms with van der Waals surface area (Å²) in [5.41, 5.74) is 0. The molecule has 116 valence electrons. The molecule has 2 aliphatic carbocycles. The number of nitrogens with one attached hydrogen (secondary N) is 2. The van der Waals surface area contributed by atoms with E-state index in [0.717, 1.165) is 29.3 Å². The van der Waals surface area contributed by atoms with Gasteiger partial charge in [0.15, 0.2) is 0 Å². The maximum atomic E-state index is 4.06. The predicted octanol–water partition coefficient (Wildman–Crippen LogP) is 3.56. The Kier molecular flexibility index (Phi) is 5.70. The van der Waals surface area contributed by atoms with Crippen molar-refractivity contribution < 1.29 is 0 Å². The van der Waals surface area contributed by atoms with E-state index in [-0.39, 0.29) is 0 Å². The molecule has 3 fully saturated rings. The van der Waals surface area contributed by atoms with Gasteiger partial charge in [0.1, 0.15) is 0 Å². The minimum absolute atomic E-state index is 0.806. The van der Waals surface area contributed by atoms with Crippen LogP contribution in [0.5, 0.6) is 0 Å². The molecule has 5 atom stereocenters. The van der Waals surface area contributed by atoms with Crippen molar-refractivity contribution >= 4 is 11.8 Å². The van der Waals surface area contributed by atoms with Crippen LogP contribution in [0.1, 0.15) is 64.7 Å². The summed E-state index contributed by atoms with van der Waals surface area (Å²) in [4.78, 5) is 0.